The number of anilines is 2. The van der Waals surface area contributed by atoms with Gasteiger partial charge in [0, 0.05) is 13.2 Å². The molecule has 3 N–H and O–H groups in total. The minimum absolute atomic E-state index is 0.0380. The summed E-state index contributed by atoms with van der Waals surface area (Å²) in [6.07, 6.45) is 0. The Morgan fingerprint density at radius 3 is 2.48 bits per heavy atom. The Kier molecular flexibility index (Phi) is 5.20. The van der Waals surface area contributed by atoms with Crippen molar-refractivity contribution in [2.24, 2.45) is 0 Å². The third kappa shape index (κ3) is 4.44. The van der Waals surface area contributed by atoms with Crippen LogP contribution in [0, 0.1) is 0 Å². The summed E-state index contributed by atoms with van der Waals surface area (Å²) in [4.78, 5) is 11.5. The van der Waals surface area contributed by atoms with E-state index >= 15 is 0 Å². The molecule has 8 heteroatoms. The molecule has 122 valence electrons. The molecule has 0 spiro atoms. The molecule has 0 radical (unpaired) electrons. The highest BCUT2D eigenvalue weighted by Crippen LogP contribution is 2.26. The summed E-state index contributed by atoms with van der Waals surface area (Å²) in [6, 6.07) is 11.9. The molecule has 0 unspecified atom stereocenters. The van der Waals surface area contributed by atoms with Gasteiger partial charge in [-0.3, -0.25) is 4.79 Å². The van der Waals surface area contributed by atoms with Gasteiger partial charge in [0.25, 0.3) is 0 Å². The van der Waals surface area contributed by atoms with Gasteiger partial charge < -0.3 is 20.0 Å². The molecule has 0 aliphatic heterocycles. The zero-order valence-electron chi connectivity index (χ0n) is 12.4. The first-order chi connectivity index (χ1) is 10.9. The van der Waals surface area contributed by atoms with Crippen LogP contribution in [0.2, 0.25) is 0 Å². The number of ether oxygens (including phenoxy) is 1. The maximum Gasteiger partial charge on any atom is 0.339 e. The largest absolute Gasteiger partial charge is 0.397 e. The van der Waals surface area contributed by atoms with E-state index in [4.69, 9.17) is 14.7 Å². The van der Waals surface area contributed by atoms with E-state index in [1.807, 2.05) is 0 Å². The number of rotatable bonds is 6. The first-order valence-electron chi connectivity index (χ1n) is 6.60. The van der Waals surface area contributed by atoms with Crippen molar-refractivity contribution >= 4 is 27.4 Å². The molecule has 0 saturated carbocycles. The highest BCUT2D eigenvalue weighted by atomic mass is 32.2. The lowest BCUT2D eigenvalue weighted by Crippen LogP contribution is -2.18. The second-order valence-corrected chi connectivity index (χ2v) is 6.13. The molecule has 0 fully saturated rings. The summed E-state index contributed by atoms with van der Waals surface area (Å²) in [5.74, 6) is -0.319. The molecule has 0 aromatic heterocycles. The molecule has 0 aliphatic carbocycles. The van der Waals surface area contributed by atoms with Crippen LogP contribution in [0.1, 0.15) is 0 Å². The maximum absolute atomic E-state index is 12.1. The van der Waals surface area contributed by atoms with Crippen LogP contribution < -0.4 is 15.2 Å². The molecular formula is C15H16N2O5S. The number of carbonyl (C=O) groups is 1. The summed E-state index contributed by atoms with van der Waals surface area (Å²) in [6.45, 7) is -0.111. The topological polar surface area (TPSA) is 108 Å². The van der Waals surface area contributed by atoms with Crippen LogP contribution in [0.4, 0.5) is 11.4 Å². The number of methoxy groups -OCH3 is 1. The number of nitrogens with two attached hydrogens (primary N) is 1. The van der Waals surface area contributed by atoms with Crippen molar-refractivity contribution in [3.05, 3.63) is 48.5 Å². The molecule has 0 heterocycles. The van der Waals surface area contributed by atoms with Crippen LogP contribution >= 0.6 is 0 Å². The first kappa shape index (κ1) is 16.8. The first-order valence-corrected chi connectivity index (χ1v) is 8.01. The second kappa shape index (κ2) is 7.12. The molecule has 0 bridgehead atoms. The molecule has 0 atom stereocenters. The van der Waals surface area contributed by atoms with Crippen molar-refractivity contribution in [2.45, 2.75) is 4.90 Å². The minimum Gasteiger partial charge on any atom is -0.397 e. The Bertz CT molecular complexity index is 791. The average Bonchev–Trinajstić information content (AvgIpc) is 2.51. The van der Waals surface area contributed by atoms with Crippen LogP contribution in [-0.2, 0) is 19.6 Å². The Hall–Kier alpha value is -2.58. The summed E-state index contributed by atoms with van der Waals surface area (Å²) < 4.78 is 34.0. The SMILES string of the molecule is COCC(=O)Nc1ccc(OS(=O)(=O)c2ccccc2)cc1N. The lowest BCUT2D eigenvalue weighted by molar-refractivity contribution is -0.119. The van der Waals surface area contributed by atoms with E-state index in [1.54, 1.807) is 18.2 Å². The van der Waals surface area contributed by atoms with Crippen LogP contribution in [-0.4, -0.2) is 28.0 Å². The van der Waals surface area contributed by atoms with Gasteiger partial charge in [-0.05, 0) is 24.3 Å². The average molecular weight is 336 g/mol. The molecule has 2 aromatic rings. The van der Waals surface area contributed by atoms with Gasteiger partial charge in [0.2, 0.25) is 5.91 Å². The third-order valence-corrected chi connectivity index (χ3v) is 4.07. The van der Waals surface area contributed by atoms with Crippen LogP contribution in [0.5, 0.6) is 5.75 Å². The van der Waals surface area contributed by atoms with Crippen molar-refractivity contribution in [2.75, 3.05) is 24.8 Å². The second-order valence-electron chi connectivity index (χ2n) is 4.58. The van der Waals surface area contributed by atoms with Crippen molar-refractivity contribution in [1.29, 1.82) is 0 Å². The van der Waals surface area contributed by atoms with E-state index < -0.39 is 10.1 Å². The summed E-state index contributed by atoms with van der Waals surface area (Å²) in [5, 5.41) is 2.54. The van der Waals surface area contributed by atoms with Gasteiger partial charge in [-0.25, -0.2) is 0 Å². The number of hydrogen-bond acceptors (Lipinski definition) is 6. The molecule has 1 amide bonds. The third-order valence-electron chi connectivity index (χ3n) is 2.81. The Balaban J connectivity index is 2.16. The summed E-state index contributed by atoms with van der Waals surface area (Å²) in [7, 11) is -2.54. The number of hydrogen-bond donors (Lipinski definition) is 2. The number of amides is 1. The van der Waals surface area contributed by atoms with Crippen molar-refractivity contribution in [3.63, 3.8) is 0 Å². The molecule has 0 saturated heterocycles. The van der Waals surface area contributed by atoms with Crippen LogP contribution in [0.15, 0.2) is 53.4 Å². The predicted octanol–water partition coefficient (Wildman–Crippen LogP) is 1.62. The van der Waals surface area contributed by atoms with Crippen LogP contribution in [0.3, 0.4) is 0 Å². The lowest BCUT2D eigenvalue weighted by Gasteiger charge is -2.11. The van der Waals surface area contributed by atoms with Gasteiger partial charge >= 0.3 is 10.1 Å². The van der Waals surface area contributed by atoms with Gasteiger partial charge in [-0.1, -0.05) is 18.2 Å². The molecular weight excluding hydrogens is 320 g/mol. The number of carbonyl (C=O) groups excluding carboxylic acids is 1. The van der Waals surface area contributed by atoms with E-state index in [0.29, 0.717) is 5.69 Å². The Morgan fingerprint density at radius 2 is 1.87 bits per heavy atom. The number of benzene rings is 2. The fraction of sp³-hybridized carbons (Fsp3) is 0.133. The molecule has 2 rings (SSSR count). The van der Waals surface area contributed by atoms with Gasteiger partial charge in [0.1, 0.15) is 17.3 Å². The van der Waals surface area contributed by atoms with E-state index in [9.17, 15) is 13.2 Å². The van der Waals surface area contributed by atoms with Gasteiger partial charge in [-0.2, -0.15) is 8.42 Å². The molecule has 0 aliphatic rings. The number of nitrogens with one attached hydrogen (secondary N) is 1. The number of nitrogen functional groups attached to an aromatic ring is 1. The van der Waals surface area contributed by atoms with E-state index in [0.717, 1.165) is 0 Å². The normalized spacial score (nSPS) is 11.0. The zero-order valence-corrected chi connectivity index (χ0v) is 13.2. The molecule has 2 aromatic carbocycles. The van der Waals surface area contributed by atoms with Gasteiger partial charge in [0.15, 0.2) is 0 Å². The van der Waals surface area contributed by atoms with Crippen LogP contribution in [0.25, 0.3) is 0 Å². The minimum atomic E-state index is -3.94. The zero-order chi connectivity index (χ0) is 16.9. The summed E-state index contributed by atoms with van der Waals surface area (Å²) in [5.41, 5.74) is 6.31. The van der Waals surface area contributed by atoms with Gasteiger partial charge in [0.05, 0.1) is 11.4 Å². The highest BCUT2D eigenvalue weighted by molar-refractivity contribution is 7.87. The van der Waals surface area contributed by atoms with Crippen molar-refractivity contribution in [3.8, 4) is 5.75 Å². The predicted molar refractivity (Wildman–Crippen MR) is 85.6 cm³/mol. The summed E-state index contributed by atoms with van der Waals surface area (Å²) >= 11 is 0. The fourth-order valence-corrected chi connectivity index (χ4v) is 2.73. The van der Waals surface area contributed by atoms with Crippen molar-refractivity contribution < 1.29 is 22.1 Å². The smallest absolute Gasteiger partial charge is 0.339 e. The quantitative estimate of drug-likeness (QED) is 0.613. The van der Waals surface area contributed by atoms with E-state index in [2.05, 4.69) is 5.32 Å². The molecule has 23 heavy (non-hydrogen) atoms. The van der Waals surface area contributed by atoms with E-state index in [-0.39, 0.29) is 28.8 Å². The standard InChI is InChI=1S/C15H16N2O5S/c1-21-10-15(18)17-14-8-7-11(9-13(14)16)22-23(19,20)12-5-3-2-4-6-12/h2-9H,10,16H2,1H3,(H,17,18). The van der Waals surface area contributed by atoms with E-state index in [1.165, 1.54) is 37.4 Å². The Labute approximate surface area is 134 Å². The Morgan fingerprint density at radius 1 is 1.17 bits per heavy atom. The maximum atomic E-state index is 12.1. The fourth-order valence-electron chi connectivity index (χ4n) is 1.79. The van der Waals surface area contributed by atoms with Gasteiger partial charge in [-0.15, -0.1) is 0 Å². The van der Waals surface area contributed by atoms with Crippen molar-refractivity contribution in [1.82, 2.24) is 0 Å². The molecule has 7 nitrogen and oxygen atoms in total. The lowest BCUT2D eigenvalue weighted by atomic mass is 10.2. The highest BCUT2D eigenvalue weighted by Gasteiger charge is 2.16. The monoisotopic (exact) mass is 336 g/mol.